The second-order valence-corrected chi connectivity index (χ2v) is 37.0. The van der Waals surface area contributed by atoms with E-state index in [9.17, 15) is 57.5 Å². The standard InChI is InChI=1S/C107H90N20O21/c1-47-51(5)90(52(6)48(2)88(47)124-99(139)66-21-17-62-82-63(18-22-67(84(66)82)100(124)140)96(136)122(95(62)135)33-31-112-80(130)41-114-78(128)29-30-79(129)119-76(36-56-39-110-45-117-56)93(133)121-77(37-57-40-111-46-118-57)94(134)120-75(92(108)132)35-55-38-109-44-116-55)126-103(143)70-25-27-72-87-73(28-26-71(86(70)87)104(126)144)106(146)127(105(72)145)91-53(7)49(3)89(50(4)54(91)8)125-101(141)68-23-19-64-83-65(20-24-69(85(68)83)102(125)142)98(138)123(97(64)137)34-32-113-81(131)42-115-107(147)148-43-74-60-15-11-9-13-58(60)59-14-10-12-16-61(59)74/h9-28,38-40,44-46,74-77H,29-37,41-43H2,1-8H3,(H2,108,132)(H,109,116)(H,110,117)(H,111,118)(H,112,130)(H,113,131)(H,114,128)(H,115,147)(H,119,129)(H,120,134)(H,121,133)/t75-,76-,77-/m0/s1. The number of aromatic amines is 3. The number of alkyl carbamates (subject to hydrolysis) is 1. The van der Waals surface area contributed by atoms with Gasteiger partial charge in [-0.25, -0.2) is 39.3 Å². The van der Waals surface area contributed by atoms with Crippen LogP contribution in [0.1, 0.15) is 216 Å². The van der Waals surface area contributed by atoms with Crippen molar-refractivity contribution in [1.29, 1.82) is 0 Å². The van der Waals surface area contributed by atoms with Crippen molar-refractivity contribution in [1.82, 2.24) is 76.9 Å². The molecular weight excluding hydrogens is 1900 g/mol. The van der Waals surface area contributed by atoms with E-state index in [4.69, 9.17) is 10.5 Å². The Balaban J connectivity index is 0.467. The van der Waals surface area contributed by atoms with E-state index in [1.807, 2.05) is 48.5 Å². The molecule has 0 bridgehead atoms. The van der Waals surface area contributed by atoms with Crippen LogP contribution in [0.4, 0.5) is 27.5 Å². The number of nitrogens with two attached hydrogens (primary N) is 1. The zero-order chi connectivity index (χ0) is 104. The van der Waals surface area contributed by atoms with E-state index in [1.54, 1.807) is 55.4 Å². The molecule has 20 amide bonds. The third-order valence-corrected chi connectivity index (χ3v) is 28.8. The molecule has 0 spiro atoms. The average Bonchev–Trinajstić information content (AvgIpc) is 1.32. The number of benzene rings is 10. The molecule has 0 fully saturated rings. The van der Waals surface area contributed by atoms with Gasteiger partial charge in [0.05, 0.1) is 71.9 Å². The highest BCUT2D eigenvalue weighted by Gasteiger charge is 2.49. The number of nitrogens with one attached hydrogen (secondary N) is 10. The van der Waals surface area contributed by atoms with Gasteiger partial charge in [0.25, 0.3) is 70.9 Å². The molecule has 41 nitrogen and oxygen atoms in total. The first-order chi connectivity index (χ1) is 71.0. The molecule has 744 valence electrons. The van der Waals surface area contributed by atoms with Gasteiger partial charge in [-0.2, -0.15) is 0 Å². The van der Waals surface area contributed by atoms with Gasteiger partial charge >= 0.3 is 6.09 Å². The van der Waals surface area contributed by atoms with E-state index in [-0.39, 0.29) is 180 Å². The molecule has 10 aromatic carbocycles. The topological polar surface area (TPSA) is 566 Å². The normalized spacial score (nSPS) is 14.9. The van der Waals surface area contributed by atoms with E-state index < -0.39 is 162 Å². The van der Waals surface area contributed by atoms with Crippen LogP contribution in [-0.4, -0.2) is 222 Å². The van der Waals surface area contributed by atoms with Crippen molar-refractivity contribution in [2.45, 2.75) is 112 Å². The molecular formula is C107H90N20O21. The zero-order valence-electron chi connectivity index (χ0n) is 80.5. The lowest BCUT2D eigenvalue weighted by Gasteiger charge is -2.37. The Bertz CT molecular complexity index is 7860. The van der Waals surface area contributed by atoms with E-state index in [2.05, 4.69) is 67.1 Å². The number of imidazole rings is 3. The van der Waals surface area contributed by atoms with E-state index in [0.717, 1.165) is 51.7 Å². The number of carbonyl (C=O) groups is 20. The number of rotatable bonds is 31. The van der Waals surface area contributed by atoms with Crippen molar-refractivity contribution >= 4 is 173 Å². The van der Waals surface area contributed by atoms with Gasteiger partial charge in [0.2, 0.25) is 41.4 Å². The number of fused-ring (bicyclic) bond motifs is 3. The number of aromatic nitrogens is 6. The highest BCUT2D eigenvalue weighted by atomic mass is 16.5. The van der Waals surface area contributed by atoms with Crippen LogP contribution >= 0.6 is 0 Å². The number of hydrogen-bond acceptors (Lipinski definition) is 24. The molecule has 0 saturated carbocycles. The summed E-state index contributed by atoms with van der Waals surface area (Å²) >= 11 is 0. The smallest absolute Gasteiger partial charge is 0.407 e. The van der Waals surface area contributed by atoms with Crippen molar-refractivity contribution in [2.75, 3.05) is 65.5 Å². The fourth-order valence-electron chi connectivity index (χ4n) is 21.2. The lowest BCUT2D eigenvalue weighted by Crippen LogP contribution is -2.57. The molecule has 3 atom stereocenters. The molecule has 7 aliphatic rings. The molecule has 13 aromatic rings. The summed E-state index contributed by atoms with van der Waals surface area (Å²) in [5, 5.41) is 18.1. The molecule has 41 heteroatoms. The van der Waals surface area contributed by atoms with E-state index >= 15 is 38.4 Å². The summed E-state index contributed by atoms with van der Waals surface area (Å²) in [4.78, 5) is 313. The van der Waals surface area contributed by atoms with Crippen LogP contribution in [0.3, 0.4) is 0 Å². The molecule has 0 radical (unpaired) electrons. The van der Waals surface area contributed by atoms with Gasteiger partial charge in [0.1, 0.15) is 24.7 Å². The molecule has 12 N–H and O–H groups in total. The summed E-state index contributed by atoms with van der Waals surface area (Å²) in [7, 11) is 0. The lowest BCUT2D eigenvalue weighted by molar-refractivity contribution is -0.133. The third kappa shape index (κ3) is 16.1. The first-order valence-electron chi connectivity index (χ1n) is 47.3. The Kier molecular flexibility index (Phi) is 24.6. The number of amides is 20. The molecule has 0 saturated heterocycles. The maximum atomic E-state index is 15.4. The number of ether oxygens (including phenoxy) is 1. The number of carbonyl (C=O) groups excluding carboxylic acids is 20. The Morgan fingerprint density at radius 3 is 0.892 bits per heavy atom. The number of anilines is 4. The highest BCUT2D eigenvalue weighted by molar-refractivity contribution is 6.45. The Hall–Kier alpha value is -19.0. The molecule has 3 aromatic heterocycles. The SMILES string of the molecule is Cc1c(C)c(N2C(=O)c3ccc4c5c(ccc(c35)C2=O)C(=O)N(c2c(C)c(C)c(N3C(=O)c5ccc6c7c(ccc(c57)C3=O)C(=O)N(CCNC(=O)CNC(=O)OCC3c5ccccc5-c5ccccc53)C6=O)c(C)c2C)C4=O)c(C)c(C)c1N1C(=O)c2ccc3c4c(ccc(c24)C1=O)C(=O)N(CCNC(=O)CNC(=O)CCC(=O)N[C@@H](Cc1c[nH]cn1)C(=O)N[C@@H](Cc1c[nH]cn1)C(=O)N[C@@H](Cc1c[nH]cn1)C(N)=O)C3=O. The van der Waals surface area contributed by atoms with Crippen molar-refractivity contribution in [3.8, 4) is 11.1 Å². The van der Waals surface area contributed by atoms with Crippen LogP contribution in [0.25, 0.3) is 43.4 Å². The van der Waals surface area contributed by atoms with Crippen LogP contribution in [0.2, 0.25) is 0 Å². The first kappa shape index (κ1) is 96.5. The first-order valence-corrected chi connectivity index (χ1v) is 47.3. The summed E-state index contributed by atoms with van der Waals surface area (Å²) in [5.74, 6) is -15.4. The van der Waals surface area contributed by atoms with Gasteiger partial charge in [-0.05, 0) is 195 Å². The number of hydrogen-bond donors (Lipinski definition) is 11. The van der Waals surface area contributed by atoms with Crippen molar-refractivity contribution in [2.24, 2.45) is 5.73 Å². The van der Waals surface area contributed by atoms with Gasteiger partial charge < -0.3 is 62.6 Å². The summed E-state index contributed by atoms with van der Waals surface area (Å²) in [6, 6.07) is 28.3. The molecule has 6 aliphatic heterocycles. The third-order valence-electron chi connectivity index (χ3n) is 28.8. The van der Waals surface area contributed by atoms with Gasteiger partial charge in [0, 0.05) is 182 Å². The molecule has 0 unspecified atom stereocenters. The van der Waals surface area contributed by atoms with Gasteiger partial charge in [0.15, 0.2) is 0 Å². The monoisotopic (exact) mass is 1990 g/mol. The van der Waals surface area contributed by atoms with Crippen LogP contribution in [0.15, 0.2) is 159 Å². The predicted octanol–water partition coefficient (Wildman–Crippen LogP) is 7.51. The van der Waals surface area contributed by atoms with Crippen LogP contribution in [-0.2, 0) is 57.6 Å². The Morgan fingerprint density at radius 2 is 0.595 bits per heavy atom. The van der Waals surface area contributed by atoms with Crippen LogP contribution in [0.5, 0.6) is 0 Å². The fourth-order valence-corrected chi connectivity index (χ4v) is 21.2. The fraction of sp³-hybridized carbons (Fsp3) is 0.224. The zero-order valence-corrected chi connectivity index (χ0v) is 80.5. The van der Waals surface area contributed by atoms with E-state index in [0.29, 0.717) is 61.6 Å². The Labute approximate surface area is 838 Å². The minimum absolute atomic E-state index is 0.00673. The van der Waals surface area contributed by atoms with Gasteiger partial charge in [-0.15, -0.1) is 0 Å². The van der Waals surface area contributed by atoms with Crippen molar-refractivity contribution in [3.63, 3.8) is 0 Å². The molecule has 148 heavy (non-hydrogen) atoms. The number of nitrogens with zero attached hydrogens (tertiary/aromatic N) is 9. The van der Waals surface area contributed by atoms with Crippen molar-refractivity contribution in [3.05, 3.63) is 298 Å². The maximum Gasteiger partial charge on any atom is 0.407 e. The highest BCUT2D eigenvalue weighted by Crippen LogP contribution is 2.51. The minimum Gasteiger partial charge on any atom is -0.449 e. The molecule has 9 heterocycles. The number of primary amides is 1. The average molecular weight is 1990 g/mol. The quantitative estimate of drug-likeness (QED) is 0.0187. The van der Waals surface area contributed by atoms with Crippen molar-refractivity contribution < 1.29 is 101 Å². The maximum absolute atomic E-state index is 15.4. The Morgan fingerprint density at radius 1 is 0.324 bits per heavy atom. The van der Waals surface area contributed by atoms with Gasteiger partial charge in [-0.3, -0.25) is 101 Å². The summed E-state index contributed by atoms with van der Waals surface area (Å²) in [6.07, 6.45) is 6.41. The largest absolute Gasteiger partial charge is 0.449 e. The summed E-state index contributed by atoms with van der Waals surface area (Å²) < 4.78 is 5.56. The number of imide groups is 6. The molecule has 20 rings (SSSR count). The van der Waals surface area contributed by atoms with Crippen LogP contribution in [0, 0.1) is 55.4 Å². The second kappa shape index (κ2) is 37.7. The lowest BCUT2D eigenvalue weighted by atomic mass is 9.83. The van der Waals surface area contributed by atoms with E-state index in [1.165, 1.54) is 110 Å². The second-order valence-electron chi connectivity index (χ2n) is 37.0. The number of H-pyrrole nitrogens is 3. The molecule has 1 aliphatic carbocycles. The van der Waals surface area contributed by atoms with Gasteiger partial charge in [-0.1, -0.05) is 48.5 Å². The van der Waals surface area contributed by atoms with Crippen LogP contribution < -0.4 is 62.6 Å². The minimum atomic E-state index is -1.36. The summed E-state index contributed by atoms with van der Waals surface area (Å²) in [5.41, 5.74) is 13.5. The summed E-state index contributed by atoms with van der Waals surface area (Å²) in [6.45, 7) is 10.7. The predicted molar refractivity (Wildman–Crippen MR) is 531 cm³/mol.